The molecule has 0 aliphatic carbocycles. The quantitative estimate of drug-likeness (QED) is 0.631. The molecule has 0 bridgehead atoms. The van der Waals surface area contributed by atoms with E-state index in [1.807, 2.05) is 36.4 Å². The summed E-state index contributed by atoms with van der Waals surface area (Å²) in [5.74, 6) is -0.0692. The second-order valence-electron chi connectivity index (χ2n) is 7.34. The lowest BCUT2D eigenvalue weighted by atomic mass is 10.0. The van der Waals surface area contributed by atoms with E-state index in [2.05, 4.69) is 25.2 Å². The summed E-state index contributed by atoms with van der Waals surface area (Å²) in [7, 11) is 0. The van der Waals surface area contributed by atoms with Crippen LogP contribution in [0.1, 0.15) is 23.2 Å². The van der Waals surface area contributed by atoms with Gasteiger partial charge in [0.05, 0.1) is 5.69 Å². The summed E-state index contributed by atoms with van der Waals surface area (Å²) in [4.78, 5) is 14.7. The van der Waals surface area contributed by atoms with Crippen LogP contribution >= 0.6 is 0 Å². The zero-order valence-corrected chi connectivity index (χ0v) is 16.5. The van der Waals surface area contributed by atoms with Crippen LogP contribution in [0.15, 0.2) is 60.7 Å². The minimum Gasteiger partial charge on any atom is -0.406 e. The number of amides is 1. The van der Waals surface area contributed by atoms with Crippen molar-refractivity contribution in [1.29, 1.82) is 0 Å². The summed E-state index contributed by atoms with van der Waals surface area (Å²) in [5, 5.41) is 10.3. The Balaban J connectivity index is 1.40. The van der Waals surface area contributed by atoms with Crippen molar-refractivity contribution < 1.29 is 22.7 Å². The highest BCUT2D eigenvalue weighted by Crippen LogP contribution is 2.25. The van der Waals surface area contributed by atoms with Crippen molar-refractivity contribution in [2.24, 2.45) is 0 Å². The van der Waals surface area contributed by atoms with Crippen LogP contribution in [0.25, 0.3) is 11.3 Å². The summed E-state index contributed by atoms with van der Waals surface area (Å²) in [6.07, 6.45) is -3.17. The zero-order valence-electron chi connectivity index (χ0n) is 16.5. The molecule has 1 saturated heterocycles. The fourth-order valence-electron chi connectivity index (χ4n) is 3.64. The molecule has 2 N–H and O–H groups in total. The first-order valence-electron chi connectivity index (χ1n) is 9.90. The molecule has 3 aromatic rings. The van der Waals surface area contributed by atoms with E-state index in [-0.39, 0.29) is 11.6 Å². The summed E-state index contributed by atoms with van der Waals surface area (Å²) in [6, 6.07) is 16.7. The van der Waals surface area contributed by atoms with E-state index in [9.17, 15) is 18.0 Å². The number of benzene rings is 2. The van der Waals surface area contributed by atoms with Gasteiger partial charge in [-0.25, -0.2) is 0 Å². The lowest BCUT2D eigenvalue weighted by molar-refractivity contribution is -0.274. The normalized spacial score (nSPS) is 16.7. The zero-order chi connectivity index (χ0) is 21.8. The van der Waals surface area contributed by atoms with Gasteiger partial charge in [-0.05, 0) is 36.6 Å². The van der Waals surface area contributed by atoms with Gasteiger partial charge >= 0.3 is 6.36 Å². The minimum atomic E-state index is -4.80. The molecule has 1 aliphatic rings. The number of hydrogen-bond donors (Lipinski definition) is 2. The Morgan fingerprint density at radius 2 is 1.94 bits per heavy atom. The van der Waals surface area contributed by atoms with Crippen LogP contribution in [-0.2, 0) is 0 Å². The predicted molar refractivity (Wildman–Crippen MR) is 110 cm³/mol. The summed E-state index contributed by atoms with van der Waals surface area (Å²) >= 11 is 0. The number of alkyl halides is 3. The van der Waals surface area contributed by atoms with E-state index in [4.69, 9.17) is 0 Å². The van der Waals surface area contributed by atoms with Crippen molar-refractivity contribution in [1.82, 2.24) is 15.5 Å². The van der Waals surface area contributed by atoms with Crippen molar-refractivity contribution in [2.45, 2.75) is 25.2 Å². The maximum atomic E-state index is 12.6. The Labute approximate surface area is 177 Å². The number of rotatable bonds is 5. The van der Waals surface area contributed by atoms with Crippen LogP contribution in [0.5, 0.6) is 5.75 Å². The smallest absolute Gasteiger partial charge is 0.406 e. The molecule has 162 valence electrons. The van der Waals surface area contributed by atoms with Crippen LogP contribution in [0.2, 0.25) is 0 Å². The van der Waals surface area contributed by atoms with Crippen LogP contribution in [0.3, 0.4) is 0 Å². The van der Waals surface area contributed by atoms with E-state index in [0.717, 1.165) is 48.6 Å². The maximum absolute atomic E-state index is 12.6. The van der Waals surface area contributed by atoms with E-state index < -0.39 is 18.0 Å². The van der Waals surface area contributed by atoms with Gasteiger partial charge in [-0.1, -0.05) is 36.4 Å². The molecule has 9 heteroatoms. The van der Waals surface area contributed by atoms with Crippen molar-refractivity contribution >= 4 is 11.7 Å². The molecule has 0 radical (unpaired) electrons. The van der Waals surface area contributed by atoms with Crippen molar-refractivity contribution in [2.75, 3.05) is 18.0 Å². The van der Waals surface area contributed by atoms with E-state index >= 15 is 0 Å². The summed E-state index contributed by atoms with van der Waals surface area (Å²) in [6.45, 7) is 1.37. The van der Waals surface area contributed by atoms with Gasteiger partial charge in [0.15, 0.2) is 5.82 Å². The Morgan fingerprint density at radius 1 is 1.13 bits per heavy atom. The van der Waals surface area contributed by atoms with Gasteiger partial charge in [-0.15, -0.1) is 13.2 Å². The maximum Gasteiger partial charge on any atom is 0.573 e. The van der Waals surface area contributed by atoms with Gasteiger partial charge in [0, 0.05) is 30.8 Å². The third kappa shape index (κ3) is 5.36. The first kappa shape index (κ1) is 20.8. The summed E-state index contributed by atoms with van der Waals surface area (Å²) < 4.78 is 41.2. The Kier molecular flexibility index (Phi) is 5.83. The van der Waals surface area contributed by atoms with Crippen LogP contribution in [0, 0.1) is 0 Å². The molecular formula is C22H21F3N4O2. The van der Waals surface area contributed by atoms with Crippen molar-refractivity contribution in [3.05, 3.63) is 66.2 Å². The molecule has 1 unspecified atom stereocenters. The predicted octanol–water partition coefficient (Wildman–Crippen LogP) is 4.37. The second-order valence-corrected chi connectivity index (χ2v) is 7.34. The number of nitrogens with one attached hydrogen (secondary N) is 2. The van der Waals surface area contributed by atoms with E-state index in [0.29, 0.717) is 6.54 Å². The third-order valence-corrected chi connectivity index (χ3v) is 5.06. The topological polar surface area (TPSA) is 70.2 Å². The van der Waals surface area contributed by atoms with Gasteiger partial charge in [-0.2, -0.15) is 5.10 Å². The monoisotopic (exact) mass is 430 g/mol. The Hall–Kier alpha value is -3.49. The molecule has 1 atom stereocenters. The summed E-state index contributed by atoms with van der Waals surface area (Å²) in [5.41, 5.74) is 2.05. The van der Waals surface area contributed by atoms with Crippen LogP contribution in [0.4, 0.5) is 19.0 Å². The molecule has 31 heavy (non-hydrogen) atoms. The minimum absolute atomic E-state index is 0.116. The number of aromatic amines is 1. The molecule has 6 nitrogen and oxygen atoms in total. The molecule has 1 fully saturated rings. The molecule has 2 heterocycles. The molecule has 0 spiro atoms. The van der Waals surface area contributed by atoms with Crippen molar-refractivity contribution in [3.63, 3.8) is 0 Å². The fraction of sp³-hybridized carbons (Fsp3) is 0.273. The van der Waals surface area contributed by atoms with Gasteiger partial charge in [0.25, 0.3) is 5.91 Å². The standard InChI is InChI=1S/C22H21F3N4O2/c23-22(24,25)31-18-10-4-8-16(12-18)21(30)26-17-9-5-11-29(14-17)20-13-19(27-28-20)15-6-2-1-3-7-15/h1-4,6-8,10,12-13,17H,5,9,11,14H2,(H,26,30)(H,27,28). The molecule has 1 aromatic heterocycles. The number of H-pyrrole nitrogens is 1. The Morgan fingerprint density at radius 3 is 2.71 bits per heavy atom. The number of piperidine rings is 1. The number of carbonyl (C=O) groups excluding carboxylic acids is 1. The van der Waals surface area contributed by atoms with E-state index in [1.54, 1.807) is 0 Å². The fourth-order valence-corrected chi connectivity index (χ4v) is 3.64. The molecule has 1 aliphatic heterocycles. The number of nitrogens with zero attached hydrogens (tertiary/aromatic N) is 2. The lowest BCUT2D eigenvalue weighted by Gasteiger charge is -2.33. The Bertz CT molecular complexity index is 1040. The second kappa shape index (κ2) is 8.71. The number of carbonyl (C=O) groups is 1. The largest absolute Gasteiger partial charge is 0.573 e. The number of anilines is 1. The highest BCUT2D eigenvalue weighted by atomic mass is 19.4. The van der Waals surface area contributed by atoms with Gasteiger partial charge in [0.2, 0.25) is 0 Å². The van der Waals surface area contributed by atoms with E-state index in [1.165, 1.54) is 12.1 Å². The number of halogens is 3. The number of hydrogen-bond acceptors (Lipinski definition) is 4. The molecular weight excluding hydrogens is 409 g/mol. The average molecular weight is 430 g/mol. The van der Waals surface area contributed by atoms with Crippen LogP contribution in [-0.4, -0.2) is 41.6 Å². The number of aromatic nitrogens is 2. The molecule has 2 aromatic carbocycles. The lowest BCUT2D eigenvalue weighted by Crippen LogP contribution is -2.48. The van der Waals surface area contributed by atoms with Gasteiger partial charge in [-0.3, -0.25) is 9.89 Å². The first-order chi connectivity index (χ1) is 14.9. The van der Waals surface area contributed by atoms with Crippen molar-refractivity contribution in [3.8, 4) is 17.0 Å². The molecule has 1 amide bonds. The highest BCUT2D eigenvalue weighted by molar-refractivity contribution is 5.94. The SMILES string of the molecule is O=C(NC1CCCN(c2cc(-c3ccccc3)[nH]n2)C1)c1cccc(OC(F)(F)F)c1. The molecule has 4 rings (SSSR count). The van der Waals surface area contributed by atoms with Gasteiger partial charge in [0.1, 0.15) is 5.75 Å². The molecule has 0 saturated carbocycles. The highest BCUT2D eigenvalue weighted by Gasteiger charge is 2.31. The van der Waals surface area contributed by atoms with Crippen LogP contribution < -0.4 is 15.0 Å². The average Bonchev–Trinajstić information content (AvgIpc) is 3.24. The third-order valence-electron chi connectivity index (χ3n) is 5.06. The first-order valence-corrected chi connectivity index (χ1v) is 9.90. The number of ether oxygens (including phenoxy) is 1. The van der Waals surface area contributed by atoms with Gasteiger partial charge < -0.3 is 15.0 Å².